The lowest BCUT2D eigenvalue weighted by Gasteiger charge is -2.08. The molecule has 0 amide bonds. The number of ether oxygens (including phenoxy) is 1. The molecule has 3 aromatic rings. The molecule has 0 fully saturated rings. The van der Waals surface area contributed by atoms with Crippen molar-refractivity contribution in [2.75, 3.05) is 12.0 Å². The number of nitrogens with zero attached hydrogens (tertiary/aromatic N) is 3. The average Bonchev–Trinajstić information content (AvgIpc) is 2.69. The highest BCUT2D eigenvalue weighted by Crippen LogP contribution is 2.18. The van der Waals surface area contributed by atoms with E-state index in [0.717, 1.165) is 16.5 Å². The number of rotatable bonds is 7. The van der Waals surface area contributed by atoms with Crippen LogP contribution in [0.25, 0.3) is 10.9 Å². The van der Waals surface area contributed by atoms with Gasteiger partial charge in [-0.25, -0.2) is 14.8 Å². The van der Waals surface area contributed by atoms with Gasteiger partial charge in [0.05, 0.1) is 12.1 Å². The lowest BCUT2D eigenvalue weighted by atomic mass is 10.1. The van der Waals surface area contributed by atoms with Gasteiger partial charge in [0.15, 0.2) is 5.82 Å². The molecule has 0 unspecified atom stereocenters. The highest BCUT2D eigenvalue weighted by molar-refractivity contribution is 6.36. The smallest absolute Gasteiger partial charge is 0.354 e. The van der Waals surface area contributed by atoms with Crippen LogP contribution in [0.4, 0.5) is 5.82 Å². The molecule has 0 spiro atoms. The molecule has 0 aliphatic rings. The first-order valence-electron chi connectivity index (χ1n) is 8.51. The Morgan fingerprint density at radius 3 is 2.65 bits per heavy atom. The molecule has 26 heavy (non-hydrogen) atoms. The van der Waals surface area contributed by atoms with E-state index in [1.165, 1.54) is 6.33 Å². The largest absolute Gasteiger partial charge is 0.461 e. The highest BCUT2D eigenvalue weighted by Gasteiger charge is 2.13. The van der Waals surface area contributed by atoms with Crippen molar-refractivity contribution >= 4 is 28.4 Å². The zero-order valence-corrected chi connectivity index (χ0v) is 14.6. The molecular weight excluding hydrogens is 328 g/mol. The van der Waals surface area contributed by atoms with Gasteiger partial charge in [0.2, 0.25) is 0 Å². The first-order chi connectivity index (χ1) is 12.8. The number of para-hydroxylation sites is 1. The van der Waals surface area contributed by atoms with Crippen molar-refractivity contribution in [3.63, 3.8) is 0 Å². The number of hydrazone groups is 1. The molecule has 3 rings (SSSR count). The minimum atomic E-state index is -0.422. The van der Waals surface area contributed by atoms with Gasteiger partial charge in [0.25, 0.3) is 0 Å². The molecule has 0 aliphatic carbocycles. The van der Waals surface area contributed by atoms with E-state index in [9.17, 15) is 4.79 Å². The highest BCUT2D eigenvalue weighted by atomic mass is 16.5. The van der Waals surface area contributed by atoms with Crippen molar-refractivity contribution in [1.29, 1.82) is 0 Å². The van der Waals surface area contributed by atoms with E-state index in [1.807, 2.05) is 54.6 Å². The van der Waals surface area contributed by atoms with Gasteiger partial charge in [-0.3, -0.25) is 5.43 Å². The van der Waals surface area contributed by atoms with Crippen LogP contribution in [-0.4, -0.2) is 28.3 Å². The predicted octanol–water partition coefficient (Wildman–Crippen LogP) is 3.59. The number of hydrogen-bond donors (Lipinski definition) is 1. The number of fused-ring (bicyclic) bond motifs is 1. The topological polar surface area (TPSA) is 76.5 Å². The molecular formula is C20H20N4O2. The number of aryl methyl sites for hydroxylation is 1. The fraction of sp³-hybridized carbons (Fsp3) is 0.200. The molecule has 0 radical (unpaired) electrons. The molecule has 0 bridgehead atoms. The van der Waals surface area contributed by atoms with Crippen LogP contribution >= 0.6 is 0 Å². The van der Waals surface area contributed by atoms with Gasteiger partial charge in [0.1, 0.15) is 12.0 Å². The molecule has 1 aromatic heterocycles. The fourth-order valence-electron chi connectivity index (χ4n) is 2.54. The van der Waals surface area contributed by atoms with Crippen molar-refractivity contribution in [3.8, 4) is 0 Å². The van der Waals surface area contributed by atoms with E-state index in [2.05, 4.69) is 20.5 Å². The van der Waals surface area contributed by atoms with Crippen LogP contribution in [0.3, 0.4) is 0 Å². The molecule has 0 atom stereocenters. The number of carbonyl (C=O) groups is 1. The van der Waals surface area contributed by atoms with Crippen LogP contribution in [0, 0.1) is 0 Å². The summed E-state index contributed by atoms with van der Waals surface area (Å²) >= 11 is 0. The lowest BCUT2D eigenvalue weighted by molar-refractivity contribution is -0.135. The van der Waals surface area contributed by atoms with Crippen LogP contribution in [0.15, 0.2) is 66.0 Å². The summed E-state index contributed by atoms with van der Waals surface area (Å²) in [7, 11) is 0. The third kappa shape index (κ3) is 4.42. The van der Waals surface area contributed by atoms with E-state index in [1.54, 1.807) is 6.92 Å². The van der Waals surface area contributed by atoms with E-state index >= 15 is 0 Å². The lowest BCUT2D eigenvalue weighted by Crippen LogP contribution is -2.20. The summed E-state index contributed by atoms with van der Waals surface area (Å²) in [5, 5.41) is 5.12. The van der Waals surface area contributed by atoms with Crippen LogP contribution in [0.5, 0.6) is 0 Å². The summed E-state index contributed by atoms with van der Waals surface area (Å²) in [6.45, 7) is 2.08. The van der Waals surface area contributed by atoms with Gasteiger partial charge in [-0.2, -0.15) is 5.10 Å². The Morgan fingerprint density at radius 2 is 1.85 bits per heavy atom. The molecule has 0 saturated heterocycles. The van der Waals surface area contributed by atoms with E-state index in [0.29, 0.717) is 31.0 Å². The molecule has 1 heterocycles. The molecule has 6 nitrogen and oxygen atoms in total. The Bertz CT molecular complexity index is 905. The van der Waals surface area contributed by atoms with Crippen LogP contribution in [-0.2, 0) is 16.0 Å². The molecule has 132 valence electrons. The molecule has 2 aromatic carbocycles. The van der Waals surface area contributed by atoms with Crippen molar-refractivity contribution < 1.29 is 9.53 Å². The monoisotopic (exact) mass is 348 g/mol. The summed E-state index contributed by atoms with van der Waals surface area (Å²) in [4.78, 5) is 20.7. The van der Waals surface area contributed by atoms with Crippen LogP contribution in [0.1, 0.15) is 18.9 Å². The maximum Gasteiger partial charge on any atom is 0.354 e. The Labute approximate surface area is 151 Å². The second-order valence-electron chi connectivity index (χ2n) is 5.62. The second-order valence-corrected chi connectivity index (χ2v) is 5.62. The number of nitrogens with one attached hydrogen (secondary N) is 1. The predicted molar refractivity (Wildman–Crippen MR) is 102 cm³/mol. The Hall–Kier alpha value is -3.28. The standard InChI is InChI=1S/C20H20N4O2/c1-2-26-20(25)18(13-12-15-8-4-3-5-9-15)23-24-19-16-10-6-7-11-17(16)21-14-22-19/h3-11,14H,2,12-13H2,1H3,(H,21,22,24)/b23-18-. The summed E-state index contributed by atoms with van der Waals surface area (Å²) < 4.78 is 5.13. The maximum absolute atomic E-state index is 12.2. The van der Waals surface area contributed by atoms with Gasteiger partial charge in [-0.15, -0.1) is 0 Å². The zero-order valence-electron chi connectivity index (χ0n) is 14.6. The Balaban J connectivity index is 1.80. The van der Waals surface area contributed by atoms with Crippen molar-refractivity contribution in [3.05, 3.63) is 66.5 Å². The number of carbonyl (C=O) groups excluding carboxylic acids is 1. The second kappa shape index (κ2) is 8.71. The van der Waals surface area contributed by atoms with Crippen LogP contribution in [0.2, 0.25) is 0 Å². The fourth-order valence-corrected chi connectivity index (χ4v) is 2.54. The molecule has 1 N–H and O–H groups in total. The van der Waals surface area contributed by atoms with E-state index in [4.69, 9.17) is 4.74 Å². The molecule has 0 aliphatic heterocycles. The normalized spacial score (nSPS) is 11.3. The van der Waals surface area contributed by atoms with Crippen molar-refractivity contribution in [2.24, 2.45) is 5.10 Å². The summed E-state index contributed by atoms with van der Waals surface area (Å²) in [5.74, 6) is 0.131. The SMILES string of the molecule is CCOC(=O)/C(CCc1ccccc1)=N\Nc1ncnc2ccccc12. The summed E-state index contributed by atoms with van der Waals surface area (Å²) in [6, 6.07) is 17.6. The first kappa shape index (κ1) is 17.5. The van der Waals surface area contributed by atoms with Crippen molar-refractivity contribution in [2.45, 2.75) is 19.8 Å². The van der Waals surface area contributed by atoms with Gasteiger partial charge >= 0.3 is 5.97 Å². The quantitative estimate of drug-likeness (QED) is 0.401. The first-order valence-corrected chi connectivity index (χ1v) is 8.51. The molecule has 6 heteroatoms. The summed E-state index contributed by atoms with van der Waals surface area (Å²) in [5.41, 5.74) is 5.17. The number of hydrogen-bond acceptors (Lipinski definition) is 6. The number of benzene rings is 2. The van der Waals surface area contributed by atoms with Crippen LogP contribution < -0.4 is 5.43 Å². The summed E-state index contributed by atoms with van der Waals surface area (Å²) in [6.07, 6.45) is 2.64. The maximum atomic E-state index is 12.2. The van der Waals surface area contributed by atoms with Gasteiger partial charge in [0, 0.05) is 11.8 Å². The third-order valence-corrected chi connectivity index (χ3v) is 3.84. The number of aromatic nitrogens is 2. The minimum Gasteiger partial charge on any atom is -0.461 e. The van der Waals surface area contributed by atoms with Gasteiger partial charge in [-0.05, 0) is 31.0 Å². The van der Waals surface area contributed by atoms with Gasteiger partial charge in [-0.1, -0.05) is 42.5 Å². The van der Waals surface area contributed by atoms with Crippen molar-refractivity contribution in [1.82, 2.24) is 9.97 Å². The molecule has 0 saturated carbocycles. The minimum absolute atomic E-state index is 0.305. The number of esters is 1. The average molecular weight is 348 g/mol. The zero-order chi connectivity index (χ0) is 18.2. The Morgan fingerprint density at radius 1 is 1.08 bits per heavy atom. The number of anilines is 1. The van der Waals surface area contributed by atoms with E-state index < -0.39 is 5.97 Å². The Kier molecular flexibility index (Phi) is 5.88. The van der Waals surface area contributed by atoms with E-state index in [-0.39, 0.29) is 0 Å². The van der Waals surface area contributed by atoms with Gasteiger partial charge < -0.3 is 4.74 Å². The third-order valence-electron chi connectivity index (χ3n) is 3.84.